The van der Waals surface area contributed by atoms with Crippen LogP contribution in [0.15, 0.2) is 64.1 Å². The molecule has 1 heterocycles. The van der Waals surface area contributed by atoms with Crippen LogP contribution >= 0.6 is 0 Å². The molecule has 0 aliphatic heterocycles. The summed E-state index contributed by atoms with van der Waals surface area (Å²) in [6, 6.07) is 17.7. The molecule has 116 valence electrons. The third-order valence-electron chi connectivity index (χ3n) is 3.68. The van der Waals surface area contributed by atoms with Gasteiger partial charge in [-0.15, -0.1) is 0 Å². The van der Waals surface area contributed by atoms with Crippen LogP contribution in [0.1, 0.15) is 24.0 Å². The maximum atomic E-state index is 12.1. The number of carbonyl (C=O) groups is 1. The number of benzene rings is 2. The van der Waals surface area contributed by atoms with Crippen molar-refractivity contribution >= 4 is 22.4 Å². The number of carbonyl (C=O) groups excluding carboxylic acids is 1. The van der Waals surface area contributed by atoms with Crippen molar-refractivity contribution < 1.29 is 9.21 Å². The Bertz CT molecular complexity index is 872. The lowest BCUT2D eigenvalue weighted by atomic mass is 10.0. The van der Waals surface area contributed by atoms with E-state index < -0.39 is 0 Å². The molecule has 1 N–H and O–H groups in total. The highest BCUT2D eigenvalue weighted by Crippen LogP contribution is 2.18. The first kappa shape index (κ1) is 15.0. The molecule has 0 saturated carbocycles. The topological polar surface area (TPSA) is 54.6 Å². The molecule has 4 nitrogen and oxygen atoms in total. The van der Waals surface area contributed by atoms with Crippen LogP contribution in [0, 0.1) is 6.92 Å². The molecule has 4 heteroatoms. The summed E-state index contributed by atoms with van der Waals surface area (Å²) < 4.78 is 5.47. The highest BCUT2D eigenvalue weighted by atomic mass is 16.3. The molecular formula is C19H18N2O2. The smallest absolute Gasteiger partial charge is 0.244 e. The normalized spacial score (nSPS) is 11.7. The second-order valence-corrected chi connectivity index (χ2v) is 5.46. The number of hydrogen-bond acceptors (Lipinski definition) is 3. The minimum absolute atomic E-state index is 0.149. The second kappa shape index (κ2) is 6.48. The maximum Gasteiger partial charge on any atom is 0.244 e. The molecule has 0 atom stereocenters. The fraction of sp³-hybridized carbons (Fsp3) is 0.158. The first-order chi connectivity index (χ1) is 11.1. The summed E-state index contributed by atoms with van der Waals surface area (Å²) in [7, 11) is 0. The van der Waals surface area contributed by atoms with E-state index in [0.717, 1.165) is 22.1 Å². The number of nitrogens with one attached hydrogen (secondary N) is 1. The van der Waals surface area contributed by atoms with Gasteiger partial charge in [-0.2, -0.15) is 5.10 Å². The monoisotopic (exact) mass is 306 g/mol. The fourth-order valence-electron chi connectivity index (χ4n) is 2.49. The average Bonchev–Trinajstić information content (AvgIpc) is 2.99. The molecule has 0 aliphatic carbocycles. The number of amides is 1. The lowest BCUT2D eigenvalue weighted by Gasteiger charge is -2.06. The third-order valence-corrected chi connectivity index (χ3v) is 3.68. The highest BCUT2D eigenvalue weighted by Gasteiger charge is 2.07. The van der Waals surface area contributed by atoms with Crippen LogP contribution in [0.3, 0.4) is 0 Å². The predicted octanol–water partition coefficient (Wildman–Crippen LogP) is 3.82. The number of hydrazone groups is 1. The van der Waals surface area contributed by atoms with Gasteiger partial charge in [0, 0.05) is 0 Å². The van der Waals surface area contributed by atoms with Gasteiger partial charge < -0.3 is 4.42 Å². The molecule has 1 amide bonds. The molecule has 1 aromatic heterocycles. The molecule has 23 heavy (non-hydrogen) atoms. The summed E-state index contributed by atoms with van der Waals surface area (Å²) in [5, 5.41) is 6.33. The van der Waals surface area contributed by atoms with Crippen LogP contribution in [0.2, 0.25) is 0 Å². The van der Waals surface area contributed by atoms with E-state index in [1.807, 2.05) is 61.5 Å². The number of rotatable bonds is 4. The molecular weight excluding hydrogens is 288 g/mol. The summed E-state index contributed by atoms with van der Waals surface area (Å²) in [5.74, 6) is 1.33. The quantitative estimate of drug-likeness (QED) is 0.588. The van der Waals surface area contributed by atoms with Gasteiger partial charge in [0.15, 0.2) is 0 Å². The van der Waals surface area contributed by atoms with Gasteiger partial charge in [-0.25, -0.2) is 5.43 Å². The Hall–Kier alpha value is -2.88. The standard InChI is InChI=1S/C19H18N2O2/c1-13-10-11-18(23-13)14(2)20-21-19(22)12-16-8-5-7-15-6-3-4-9-17(15)16/h3-11H,12H2,1-2H3,(H,21,22)/b20-14+. The van der Waals surface area contributed by atoms with E-state index in [2.05, 4.69) is 10.5 Å². The van der Waals surface area contributed by atoms with E-state index in [1.54, 1.807) is 6.92 Å². The fourth-order valence-corrected chi connectivity index (χ4v) is 2.49. The van der Waals surface area contributed by atoms with Crippen molar-refractivity contribution in [2.45, 2.75) is 20.3 Å². The average molecular weight is 306 g/mol. The van der Waals surface area contributed by atoms with Crippen molar-refractivity contribution in [3.63, 3.8) is 0 Å². The molecule has 0 bridgehead atoms. The van der Waals surface area contributed by atoms with E-state index in [0.29, 0.717) is 11.5 Å². The van der Waals surface area contributed by atoms with Crippen LogP contribution in [0.5, 0.6) is 0 Å². The number of furan rings is 1. The molecule has 0 fully saturated rings. The SMILES string of the molecule is C/C(=N\NC(=O)Cc1cccc2ccccc12)c1ccc(C)o1. The van der Waals surface area contributed by atoms with Crippen molar-refractivity contribution in [3.05, 3.63) is 71.7 Å². The van der Waals surface area contributed by atoms with E-state index >= 15 is 0 Å². The van der Waals surface area contributed by atoms with Crippen molar-refractivity contribution in [3.8, 4) is 0 Å². The zero-order valence-corrected chi connectivity index (χ0v) is 13.2. The molecule has 0 saturated heterocycles. The Morgan fingerprint density at radius 1 is 1.09 bits per heavy atom. The predicted molar refractivity (Wildman–Crippen MR) is 91.5 cm³/mol. The van der Waals surface area contributed by atoms with Gasteiger partial charge in [-0.3, -0.25) is 4.79 Å². The van der Waals surface area contributed by atoms with Crippen LogP contribution in [0.4, 0.5) is 0 Å². The Morgan fingerprint density at radius 3 is 2.65 bits per heavy atom. The van der Waals surface area contributed by atoms with Gasteiger partial charge >= 0.3 is 0 Å². The zero-order valence-electron chi connectivity index (χ0n) is 13.2. The Morgan fingerprint density at radius 2 is 1.87 bits per heavy atom. The molecule has 2 aromatic carbocycles. The van der Waals surface area contributed by atoms with E-state index in [-0.39, 0.29) is 12.3 Å². The van der Waals surface area contributed by atoms with Crippen molar-refractivity contribution in [1.82, 2.24) is 5.43 Å². The minimum Gasteiger partial charge on any atom is -0.460 e. The first-order valence-corrected chi connectivity index (χ1v) is 7.50. The summed E-state index contributed by atoms with van der Waals surface area (Å²) in [6.07, 6.45) is 0.287. The Balaban J connectivity index is 1.72. The lowest BCUT2D eigenvalue weighted by molar-refractivity contribution is -0.120. The highest BCUT2D eigenvalue weighted by molar-refractivity contribution is 5.97. The third kappa shape index (κ3) is 3.48. The summed E-state index contributed by atoms with van der Waals surface area (Å²) >= 11 is 0. The van der Waals surface area contributed by atoms with Crippen molar-refractivity contribution in [1.29, 1.82) is 0 Å². The van der Waals surface area contributed by atoms with Crippen molar-refractivity contribution in [2.75, 3.05) is 0 Å². The molecule has 0 aliphatic rings. The second-order valence-electron chi connectivity index (χ2n) is 5.46. The minimum atomic E-state index is -0.149. The number of aryl methyl sites for hydroxylation is 1. The molecule has 3 aromatic rings. The van der Waals surface area contributed by atoms with E-state index in [4.69, 9.17) is 4.42 Å². The number of nitrogens with zero attached hydrogens (tertiary/aromatic N) is 1. The zero-order chi connectivity index (χ0) is 16.2. The Labute approximate surface area is 134 Å². The van der Waals surface area contributed by atoms with Gasteiger partial charge in [0.1, 0.15) is 17.2 Å². The van der Waals surface area contributed by atoms with Gasteiger partial charge in [0.25, 0.3) is 0 Å². The van der Waals surface area contributed by atoms with E-state index in [9.17, 15) is 4.79 Å². The molecule has 0 radical (unpaired) electrons. The first-order valence-electron chi connectivity index (χ1n) is 7.50. The van der Waals surface area contributed by atoms with Gasteiger partial charge in [-0.05, 0) is 42.3 Å². The lowest BCUT2D eigenvalue weighted by Crippen LogP contribution is -2.21. The molecule has 0 unspecified atom stereocenters. The van der Waals surface area contributed by atoms with Crippen LogP contribution < -0.4 is 5.43 Å². The van der Waals surface area contributed by atoms with E-state index in [1.165, 1.54) is 0 Å². The van der Waals surface area contributed by atoms with Gasteiger partial charge in [-0.1, -0.05) is 42.5 Å². The molecule has 0 spiro atoms. The van der Waals surface area contributed by atoms with Gasteiger partial charge in [0.2, 0.25) is 5.91 Å². The van der Waals surface area contributed by atoms with Crippen LogP contribution in [-0.2, 0) is 11.2 Å². The van der Waals surface area contributed by atoms with Gasteiger partial charge in [0.05, 0.1) is 6.42 Å². The van der Waals surface area contributed by atoms with Crippen LogP contribution in [-0.4, -0.2) is 11.6 Å². The maximum absolute atomic E-state index is 12.1. The summed E-state index contributed by atoms with van der Waals surface area (Å²) in [6.45, 7) is 3.67. The summed E-state index contributed by atoms with van der Waals surface area (Å²) in [4.78, 5) is 12.1. The summed E-state index contributed by atoms with van der Waals surface area (Å²) in [5.41, 5.74) is 4.22. The largest absolute Gasteiger partial charge is 0.460 e. The number of fused-ring (bicyclic) bond motifs is 1. The van der Waals surface area contributed by atoms with Crippen LogP contribution in [0.25, 0.3) is 10.8 Å². The Kier molecular flexibility index (Phi) is 4.24. The van der Waals surface area contributed by atoms with Crippen molar-refractivity contribution in [2.24, 2.45) is 5.10 Å². The number of hydrogen-bond donors (Lipinski definition) is 1. The molecule has 3 rings (SSSR count).